The molecule has 0 aliphatic rings. The topological polar surface area (TPSA) is 49.6 Å². The molecule has 0 radical (unpaired) electrons. The Bertz CT molecular complexity index is 922. The van der Waals surface area contributed by atoms with E-state index in [0.717, 1.165) is 11.3 Å². The number of nitrogens with zero attached hydrogens (tertiary/aromatic N) is 3. The highest BCUT2D eigenvalue weighted by Crippen LogP contribution is 2.25. The largest absolute Gasteiger partial charge is 0.349 e. The van der Waals surface area contributed by atoms with E-state index in [1.807, 2.05) is 61.1 Å². The Morgan fingerprint density at radius 3 is 2.41 bits per heavy atom. The van der Waals surface area contributed by atoms with Crippen LogP contribution in [0.2, 0.25) is 0 Å². The van der Waals surface area contributed by atoms with Crippen molar-refractivity contribution in [2.45, 2.75) is 32.2 Å². The van der Waals surface area contributed by atoms with E-state index in [1.165, 1.54) is 5.56 Å². The van der Waals surface area contributed by atoms with Crippen molar-refractivity contribution in [3.8, 4) is 0 Å². The minimum absolute atomic E-state index is 0.103. The highest BCUT2D eigenvalue weighted by Gasteiger charge is 2.25. The van der Waals surface area contributed by atoms with Gasteiger partial charge in [0.15, 0.2) is 5.69 Å². The second-order valence-corrected chi connectivity index (χ2v) is 8.09. The van der Waals surface area contributed by atoms with Crippen molar-refractivity contribution in [2.24, 2.45) is 0 Å². The van der Waals surface area contributed by atoms with E-state index >= 15 is 0 Å². The highest BCUT2D eigenvalue weighted by molar-refractivity contribution is 5.99. The van der Waals surface area contributed by atoms with Gasteiger partial charge in [-0.3, -0.25) is 4.79 Å². The first-order valence-electron chi connectivity index (χ1n) is 9.26. The number of carbonyl (C=O) groups excluding carboxylic acids is 1. The quantitative estimate of drug-likeness (QED) is 0.752. The summed E-state index contributed by atoms with van der Waals surface area (Å²) in [6.45, 7) is 6.84. The van der Waals surface area contributed by atoms with Crippen LogP contribution >= 0.6 is 0 Å². The van der Waals surface area contributed by atoms with Crippen molar-refractivity contribution >= 4 is 11.4 Å². The first-order valence-corrected chi connectivity index (χ1v) is 9.26. The molecule has 1 amide bonds. The number of carbonyl (C=O) groups is 1. The van der Waals surface area contributed by atoms with Crippen molar-refractivity contribution in [3.63, 3.8) is 0 Å². The maximum Gasteiger partial charge on any atom is 0.272 e. The Morgan fingerprint density at radius 2 is 1.78 bits per heavy atom. The van der Waals surface area contributed by atoms with Crippen LogP contribution in [0.15, 0.2) is 54.7 Å². The summed E-state index contributed by atoms with van der Waals surface area (Å²) in [6, 6.07) is 16.2. The van der Waals surface area contributed by atoms with Gasteiger partial charge in [0.2, 0.25) is 0 Å². The Hall–Kier alpha value is -2.66. The van der Waals surface area contributed by atoms with Gasteiger partial charge in [0.25, 0.3) is 5.91 Å². The van der Waals surface area contributed by atoms with Crippen LogP contribution in [-0.2, 0) is 5.41 Å². The number of likely N-dealkylation sites (N-methyl/N-ethyl adjacent to an activating group) is 1. The minimum atomic E-state index is -0.154. The van der Waals surface area contributed by atoms with Crippen LogP contribution in [-0.4, -0.2) is 40.8 Å². The predicted molar refractivity (Wildman–Crippen MR) is 109 cm³/mol. The van der Waals surface area contributed by atoms with E-state index < -0.39 is 0 Å². The number of rotatable bonds is 5. The third-order valence-electron chi connectivity index (χ3n) is 4.70. The number of hydrogen-bond acceptors (Lipinski definition) is 3. The summed E-state index contributed by atoms with van der Waals surface area (Å²) in [7, 11) is 4.04. The molecule has 5 nitrogen and oxygen atoms in total. The van der Waals surface area contributed by atoms with Crippen molar-refractivity contribution in [1.29, 1.82) is 0 Å². The molecule has 3 aromatic rings. The molecule has 0 spiro atoms. The molecule has 0 fully saturated rings. The Kier molecular flexibility index (Phi) is 5.33. The Balaban J connectivity index is 1.86. The molecule has 0 bridgehead atoms. The van der Waals surface area contributed by atoms with Crippen LogP contribution in [0.25, 0.3) is 5.52 Å². The molecule has 142 valence electrons. The van der Waals surface area contributed by atoms with E-state index in [2.05, 4.69) is 43.1 Å². The second kappa shape index (κ2) is 7.53. The number of pyridine rings is 1. The van der Waals surface area contributed by atoms with E-state index in [9.17, 15) is 4.79 Å². The number of benzene rings is 1. The lowest BCUT2D eigenvalue weighted by atomic mass is 9.96. The molecule has 1 atom stereocenters. The normalized spacial score (nSPS) is 13.1. The predicted octanol–water partition coefficient (Wildman–Crippen LogP) is 3.66. The molecule has 0 saturated carbocycles. The summed E-state index contributed by atoms with van der Waals surface area (Å²) < 4.78 is 2.01. The Labute approximate surface area is 161 Å². The van der Waals surface area contributed by atoms with E-state index in [0.29, 0.717) is 12.2 Å². The molecule has 2 heterocycles. The van der Waals surface area contributed by atoms with E-state index in [4.69, 9.17) is 4.98 Å². The average molecular weight is 364 g/mol. The molecule has 0 aliphatic carbocycles. The summed E-state index contributed by atoms with van der Waals surface area (Å²) in [5.41, 5.74) is 2.33. The summed E-state index contributed by atoms with van der Waals surface area (Å²) in [5, 5.41) is 3.08. The van der Waals surface area contributed by atoms with E-state index in [-0.39, 0.29) is 17.4 Å². The fourth-order valence-corrected chi connectivity index (χ4v) is 3.28. The molecule has 27 heavy (non-hydrogen) atoms. The fraction of sp³-hybridized carbons (Fsp3) is 0.364. The van der Waals surface area contributed by atoms with Gasteiger partial charge in [0.05, 0.1) is 11.6 Å². The third kappa shape index (κ3) is 4.03. The lowest BCUT2D eigenvalue weighted by Crippen LogP contribution is -2.34. The van der Waals surface area contributed by atoms with Gasteiger partial charge in [0.1, 0.15) is 5.82 Å². The molecule has 1 aromatic carbocycles. The molecular weight excluding hydrogens is 336 g/mol. The smallest absolute Gasteiger partial charge is 0.272 e. The third-order valence-corrected chi connectivity index (χ3v) is 4.70. The second-order valence-electron chi connectivity index (χ2n) is 8.09. The number of hydrogen-bond donors (Lipinski definition) is 1. The highest BCUT2D eigenvalue weighted by atomic mass is 16.1. The van der Waals surface area contributed by atoms with Gasteiger partial charge in [-0.2, -0.15) is 0 Å². The van der Waals surface area contributed by atoms with E-state index in [1.54, 1.807) is 0 Å². The van der Waals surface area contributed by atoms with Gasteiger partial charge in [-0.05, 0) is 31.8 Å². The zero-order chi connectivity index (χ0) is 19.6. The monoisotopic (exact) mass is 364 g/mol. The molecule has 1 N–H and O–H groups in total. The number of aromatic nitrogens is 2. The molecular formula is C22H28N4O. The van der Waals surface area contributed by atoms with Gasteiger partial charge in [-0.25, -0.2) is 4.98 Å². The summed E-state index contributed by atoms with van der Waals surface area (Å²) >= 11 is 0. The van der Waals surface area contributed by atoms with Crippen LogP contribution in [0.3, 0.4) is 0 Å². The zero-order valence-corrected chi connectivity index (χ0v) is 16.7. The molecule has 2 aromatic heterocycles. The van der Waals surface area contributed by atoms with Crippen LogP contribution < -0.4 is 5.32 Å². The summed E-state index contributed by atoms with van der Waals surface area (Å²) in [6.07, 6.45) is 1.96. The molecule has 3 rings (SSSR count). The first kappa shape index (κ1) is 19.1. The molecule has 1 unspecified atom stereocenters. The SMILES string of the molecule is CN(C)C(CNC(=O)c1nc(C(C)(C)C)n2ccccc12)c1ccccc1. The molecule has 5 heteroatoms. The van der Waals surface area contributed by atoms with Gasteiger partial charge >= 0.3 is 0 Å². The van der Waals surface area contributed by atoms with Gasteiger partial charge in [0, 0.05) is 18.2 Å². The van der Waals surface area contributed by atoms with Crippen molar-refractivity contribution in [1.82, 2.24) is 19.6 Å². The van der Waals surface area contributed by atoms with Crippen LogP contribution in [0, 0.1) is 0 Å². The fourth-order valence-electron chi connectivity index (χ4n) is 3.28. The number of nitrogens with one attached hydrogen (secondary N) is 1. The number of fused-ring (bicyclic) bond motifs is 1. The van der Waals surface area contributed by atoms with Gasteiger partial charge in [-0.15, -0.1) is 0 Å². The van der Waals surface area contributed by atoms with Crippen LogP contribution in [0.5, 0.6) is 0 Å². The van der Waals surface area contributed by atoms with Crippen LogP contribution in [0.4, 0.5) is 0 Å². The Morgan fingerprint density at radius 1 is 1.11 bits per heavy atom. The minimum Gasteiger partial charge on any atom is -0.349 e. The zero-order valence-electron chi connectivity index (χ0n) is 16.7. The molecule has 0 saturated heterocycles. The number of amides is 1. The van der Waals surface area contributed by atoms with Gasteiger partial charge < -0.3 is 14.6 Å². The maximum absolute atomic E-state index is 13.0. The first-order chi connectivity index (χ1) is 12.8. The van der Waals surface area contributed by atoms with Crippen molar-refractivity contribution < 1.29 is 4.79 Å². The van der Waals surface area contributed by atoms with Gasteiger partial charge in [-0.1, -0.05) is 57.2 Å². The summed E-state index contributed by atoms with van der Waals surface area (Å²) in [4.78, 5) is 19.8. The average Bonchev–Trinajstić information content (AvgIpc) is 3.02. The lowest BCUT2D eigenvalue weighted by Gasteiger charge is -2.25. The lowest BCUT2D eigenvalue weighted by molar-refractivity contribution is 0.0939. The van der Waals surface area contributed by atoms with Crippen LogP contribution in [0.1, 0.15) is 48.7 Å². The van der Waals surface area contributed by atoms with Crippen molar-refractivity contribution in [2.75, 3.05) is 20.6 Å². The number of imidazole rings is 1. The van der Waals surface area contributed by atoms with Crippen molar-refractivity contribution in [3.05, 3.63) is 71.8 Å². The standard InChI is InChI=1S/C22H28N4O/c1-22(2,3)21-24-19(17-13-9-10-14-26(17)21)20(27)23-15-18(25(4)5)16-11-7-6-8-12-16/h6-14,18H,15H2,1-5H3,(H,23,27). The maximum atomic E-state index is 13.0. The summed E-state index contributed by atoms with van der Waals surface area (Å²) in [5.74, 6) is 0.743. The molecule has 0 aliphatic heterocycles.